The maximum Gasteiger partial charge on any atom is 0.407 e. The molecule has 0 saturated carbocycles. The van der Waals surface area contributed by atoms with Crippen molar-refractivity contribution in [3.63, 3.8) is 0 Å². The van der Waals surface area contributed by atoms with Gasteiger partial charge < -0.3 is 24.8 Å². The summed E-state index contributed by atoms with van der Waals surface area (Å²) < 4.78 is 10.2. The maximum atomic E-state index is 13.0. The number of rotatable bonds is 5. The van der Waals surface area contributed by atoms with Crippen molar-refractivity contribution in [3.8, 4) is 11.1 Å². The zero-order valence-electron chi connectivity index (χ0n) is 19.0. The first kappa shape index (κ1) is 22.6. The number of anilines is 1. The van der Waals surface area contributed by atoms with Crippen molar-refractivity contribution in [2.75, 3.05) is 25.2 Å². The van der Waals surface area contributed by atoms with Gasteiger partial charge in [-0.1, -0.05) is 54.6 Å². The third kappa shape index (κ3) is 4.13. The van der Waals surface area contributed by atoms with Crippen LogP contribution >= 0.6 is 0 Å². The van der Waals surface area contributed by atoms with Crippen molar-refractivity contribution in [3.05, 3.63) is 89.5 Å². The van der Waals surface area contributed by atoms with Crippen molar-refractivity contribution >= 4 is 23.7 Å². The van der Waals surface area contributed by atoms with E-state index in [0.29, 0.717) is 5.69 Å². The van der Waals surface area contributed by atoms with Gasteiger partial charge in [-0.3, -0.25) is 4.79 Å². The third-order valence-corrected chi connectivity index (χ3v) is 6.48. The molecule has 8 heteroatoms. The topological polar surface area (TPSA) is 105 Å². The van der Waals surface area contributed by atoms with E-state index in [1.54, 1.807) is 18.2 Å². The predicted molar refractivity (Wildman–Crippen MR) is 128 cm³/mol. The van der Waals surface area contributed by atoms with Crippen LogP contribution in [0.15, 0.2) is 72.8 Å². The number of ether oxygens (including phenoxy) is 2. The number of nitrogens with one attached hydrogen (secondary N) is 1. The van der Waals surface area contributed by atoms with Gasteiger partial charge in [0, 0.05) is 11.6 Å². The van der Waals surface area contributed by atoms with Crippen molar-refractivity contribution in [2.45, 2.75) is 18.1 Å². The zero-order valence-corrected chi connectivity index (χ0v) is 19.0. The van der Waals surface area contributed by atoms with E-state index in [1.165, 1.54) is 18.1 Å². The summed E-state index contributed by atoms with van der Waals surface area (Å²) in [7, 11) is 1.27. The number of hydrogen-bond acceptors (Lipinski definition) is 6. The molecule has 2 amide bonds. The first-order chi connectivity index (χ1) is 17.0. The third-order valence-electron chi connectivity index (χ3n) is 6.48. The Bertz CT molecular complexity index is 1260. The zero-order chi connectivity index (χ0) is 24.5. The molecule has 1 aliphatic heterocycles. The molecule has 1 aliphatic carbocycles. The van der Waals surface area contributed by atoms with Gasteiger partial charge >= 0.3 is 12.1 Å². The van der Waals surface area contributed by atoms with Gasteiger partial charge in [0.05, 0.1) is 19.2 Å². The van der Waals surface area contributed by atoms with Gasteiger partial charge in [-0.05, 0) is 40.5 Å². The lowest BCUT2D eigenvalue weighted by atomic mass is 9.98. The van der Waals surface area contributed by atoms with E-state index in [9.17, 15) is 19.5 Å². The molecule has 8 nitrogen and oxygen atoms in total. The lowest BCUT2D eigenvalue weighted by molar-refractivity contribution is -0.119. The number of aliphatic hydroxyl groups is 1. The maximum absolute atomic E-state index is 13.0. The molecule has 1 saturated heterocycles. The molecule has 178 valence electrons. The summed E-state index contributed by atoms with van der Waals surface area (Å²) in [5.41, 5.74) is 5.09. The van der Waals surface area contributed by atoms with E-state index in [-0.39, 0.29) is 24.6 Å². The van der Waals surface area contributed by atoms with Crippen molar-refractivity contribution in [1.82, 2.24) is 5.32 Å². The minimum atomic E-state index is -1.16. The van der Waals surface area contributed by atoms with Gasteiger partial charge in [0.15, 0.2) is 0 Å². The Hall–Kier alpha value is -4.17. The van der Waals surface area contributed by atoms with E-state index in [2.05, 4.69) is 5.32 Å². The number of aliphatic hydroxyl groups excluding tert-OH is 1. The highest BCUT2D eigenvalue weighted by atomic mass is 16.5. The number of amides is 2. The van der Waals surface area contributed by atoms with Crippen LogP contribution in [0.1, 0.15) is 27.4 Å². The molecule has 1 fully saturated rings. The highest BCUT2D eigenvalue weighted by Crippen LogP contribution is 2.44. The highest BCUT2D eigenvalue weighted by Gasteiger charge is 2.42. The van der Waals surface area contributed by atoms with Crippen LogP contribution < -0.4 is 10.2 Å². The molecule has 3 aromatic rings. The molecule has 35 heavy (non-hydrogen) atoms. The van der Waals surface area contributed by atoms with Crippen LogP contribution in [0.4, 0.5) is 10.5 Å². The number of carbonyl (C=O) groups excluding carboxylic acids is 3. The van der Waals surface area contributed by atoms with E-state index >= 15 is 0 Å². The van der Waals surface area contributed by atoms with Crippen LogP contribution in [0.3, 0.4) is 0 Å². The smallest absolute Gasteiger partial charge is 0.407 e. The van der Waals surface area contributed by atoms with Crippen LogP contribution in [0.25, 0.3) is 11.1 Å². The average Bonchev–Trinajstić information content (AvgIpc) is 3.36. The number of esters is 1. The number of nitrogens with zero attached hydrogens (tertiary/aromatic N) is 1. The Kier molecular flexibility index (Phi) is 5.96. The van der Waals surface area contributed by atoms with Gasteiger partial charge in [0.25, 0.3) is 5.91 Å². The van der Waals surface area contributed by atoms with Gasteiger partial charge in [0.1, 0.15) is 18.8 Å². The van der Waals surface area contributed by atoms with E-state index in [4.69, 9.17) is 9.47 Å². The van der Waals surface area contributed by atoms with Crippen molar-refractivity contribution in [1.29, 1.82) is 0 Å². The Morgan fingerprint density at radius 3 is 2.31 bits per heavy atom. The SMILES string of the molecule is COC(=O)c1cccc(N2C[C@H](O)[C@H](NC(=O)OCC3c4ccccc4-c4ccccc43)C2=O)c1. The van der Waals surface area contributed by atoms with Gasteiger partial charge in [0.2, 0.25) is 0 Å². The summed E-state index contributed by atoms with van der Waals surface area (Å²) in [6, 6.07) is 21.2. The molecule has 0 bridgehead atoms. The lowest BCUT2D eigenvalue weighted by Crippen LogP contribution is -2.46. The summed E-state index contributed by atoms with van der Waals surface area (Å²) in [4.78, 5) is 38.7. The monoisotopic (exact) mass is 472 g/mol. The summed E-state index contributed by atoms with van der Waals surface area (Å²) in [5.74, 6) is -1.14. The second kappa shape index (κ2) is 9.23. The summed E-state index contributed by atoms with van der Waals surface area (Å²) in [6.45, 7) is 0.0690. The van der Waals surface area contributed by atoms with E-state index in [0.717, 1.165) is 22.3 Å². The first-order valence-electron chi connectivity index (χ1n) is 11.3. The van der Waals surface area contributed by atoms with Crippen LogP contribution in [0.5, 0.6) is 0 Å². The number of hydrogen-bond donors (Lipinski definition) is 2. The number of alkyl carbamates (subject to hydrolysis) is 1. The molecule has 0 unspecified atom stereocenters. The second-order valence-electron chi connectivity index (χ2n) is 8.51. The first-order valence-corrected chi connectivity index (χ1v) is 11.3. The van der Waals surface area contributed by atoms with Crippen LogP contribution in [-0.2, 0) is 14.3 Å². The molecular formula is C27H24N2O6. The lowest BCUT2D eigenvalue weighted by Gasteiger charge is -2.18. The number of β-amino-alcohol motifs (C(OH)–C–C–N with tert-alkyl or cyclic N) is 1. The summed E-state index contributed by atoms with van der Waals surface area (Å²) in [6.07, 6.45) is -1.92. The molecule has 0 spiro atoms. The standard InChI is InChI=1S/C27H24N2O6/c1-34-26(32)16-7-6-8-17(13-16)29-14-23(30)24(25(29)31)28-27(33)35-15-22-20-11-4-2-9-18(20)19-10-3-5-12-21(19)22/h2-13,22-24,30H,14-15H2,1H3,(H,28,33)/t23-,24-/m0/s1. The summed E-state index contributed by atoms with van der Waals surface area (Å²) in [5, 5.41) is 13.0. The molecule has 2 aliphatic rings. The van der Waals surface area contributed by atoms with Crippen LogP contribution in [-0.4, -0.2) is 55.5 Å². The molecule has 5 rings (SSSR count). The minimum absolute atomic E-state index is 0.0300. The molecule has 2 N–H and O–H groups in total. The van der Waals surface area contributed by atoms with Gasteiger partial charge in [-0.2, -0.15) is 0 Å². The molecule has 3 aromatic carbocycles. The van der Waals surface area contributed by atoms with E-state index in [1.807, 2.05) is 48.5 Å². The van der Waals surface area contributed by atoms with Crippen LogP contribution in [0, 0.1) is 0 Å². The molecule has 2 atom stereocenters. The quantitative estimate of drug-likeness (QED) is 0.553. The Balaban J connectivity index is 1.26. The minimum Gasteiger partial charge on any atom is -0.465 e. The normalized spacial score (nSPS) is 18.7. The predicted octanol–water partition coefficient (Wildman–Crippen LogP) is 3.09. The van der Waals surface area contributed by atoms with Gasteiger partial charge in [-0.25, -0.2) is 9.59 Å². The molecule has 0 radical (unpaired) electrons. The molecule has 1 heterocycles. The summed E-state index contributed by atoms with van der Waals surface area (Å²) >= 11 is 0. The van der Waals surface area contributed by atoms with Crippen molar-refractivity contribution in [2.24, 2.45) is 0 Å². The number of benzene rings is 3. The average molecular weight is 472 g/mol. The number of methoxy groups -OCH3 is 1. The Labute approximate surface area is 202 Å². The highest BCUT2D eigenvalue weighted by molar-refractivity contribution is 6.02. The second-order valence-corrected chi connectivity index (χ2v) is 8.51. The fraction of sp³-hybridized carbons (Fsp3) is 0.222. The Morgan fingerprint density at radius 2 is 1.66 bits per heavy atom. The Morgan fingerprint density at radius 1 is 1.00 bits per heavy atom. The molecule has 0 aromatic heterocycles. The fourth-order valence-corrected chi connectivity index (χ4v) is 4.79. The fourth-order valence-electron chi connectivity index (χ4n) is 4.79. The van der Waals surface area contributed by atoms with E-state index < -0.39 is 30.1 Å². The van der Waals surface area contributed by atoms with Crippen LogP contribution in [0.2, 0.25) is 0 Å². The van der Waals surface area contributed by atoms with Crippen molar-refractivity contribution < 1.29 is 29.0 Å². The molecular weight excluding hydrogens is 448 g/mol. The number of fused-ring (bicyclic) bond motifs is 3. The largest absolute Gasteiger partial charge is 0.465 e. The van der Waals surface area contributed by atoms with Gasteiger partial charge in [-0.15, -0.1) is 0 Å². The number of carbonyl (C=O) groups is 3.